The molecule has 0 radical (unpaired) electrons. The zero-order valence-corrected chi connectivity index (χ0v) is 23.9. The molecule has 4 fully saturated rings. The van der Waals surface area contributed by atoms with E-state index in [1.807, 2.05) is 13.8 Å². The zero-order valence-electron chi connectivity index (χ0n) is 23.1. The fourth-order valence-corrected chi connectivity index (χ4v) is 10.3. The van der Waals surface area contributed by atoms with E-state index in [0.717, 1.165) is 6.42 Å². The van der Waals surface area contributed by atoms with Gasteiger partial charge in [-0.1, -0.05) is 20.8 Å². The van der Waals surface area contributed by atoms with Crippen molar-refractivity contribution >= 4 is 16.0 Å². The lowest BCUT2D eigenvalue weighted by Crippen LogP contribution is -2.69. The molecule has 0 saturated heterocycles. The molecule has 4 rings (SSSR count). The number of nitrogens with one attached hydrogen (secondary N) is 1. The van der Waals surface area contributed by atoms with Crippen molar-refractivity contribution in [2.45, 2.75) is 108 Å². The Bertz CT molecular complexity index is 1030. The molecule has 4 saturated carbocycles. The van der Waals surface area contributed by atoms with Crippen LogP contribution in [0.2, 0.25) is 0 Å². The summed E-state index contributed by atoms with van der Waals surface area (Å²) in [5, 5.41) is 67.6. The smallest absolute Gasteiger partial charge is 0.266 e. The summed E-state index contributed by atoms with van der Waals surface area (Å²) in [6, 6.07) is -1.13. The van der Waals surface area contributed by atoms with Crippen molar-refractivity contribution in [1.82, 2.24) is 5.32 Å². The van der Waals surface area contributed by atoms with Gasteiger partial charge in [-0.2, -0.15) is 8.42 Å². The van der Waals surface area contributed by atoms with Gasteiger partial charge in [0.25, 0.3) is 10.1 Å². The van der Waals surface area contributed by atoms with Gasteiger partial charge in [0.2, 0.25) is 5.91 Å². The second-order valence-electron chi connectivity index (χ2n) is 13.5. The van der Waals surface area contributed by atoms with Crippen LogP contribution in [0.25, 0.3) is 0 Å². The highest BCUT2D eigenvalue weighted by Crippen LogP contribution is 2.69. The molecule has 0 aromatic heterocycles. The van der Waals surface area contributed by atoms with E-state index in [9.17, 15) is 43.9 Å². The molecule has 0 heterocycles. The van der Waals surface area contributed by atoms with Crippen molar-refractivity contribution in [2.75, 3.05) is 12.4 Å². The molecular formula is C27H47NO10S. The van der Waals surface area contributed by atoms with Crippen LogP contribution >= 0.6 is 0 Å². The number of aliphatic hydroxyl groups is 6. The molecule has 0 bridgehead atoms. The maximum atomic E-state index is 12.5. The number of carbonyl (C=O) groups is 1. The molecule has 226 valence electrons. The Balaban J connectivity index is 1.49. The summed E-state index contributed by atoms with van der Waals surface area (Å²) in [4.78, 5) is 12.5. The third kappa shape index (κ3) is 5.29. The van der Waals surface area contributed by atoms with Crippen molar-refractivity contribution in [3.63, 3.8) is 0 Å². The summed E-state index contributed by atoms with van der Waals surface area (Å²) < 4.78 is 31.2. The Morgan fingerprint density at radius 1 is 1.08 bits per heavy atom. The van der Waals surface area contributed by atoms with Gasteiger partial charge in [0.05, 0.1) is 48.4 Å². The minimum Gasteiger partial charge on any atom is -0.394 e. The van der Waals surface area contributed by atoms with Gasteiger partial charge in [-0.05, 0) is 73.5 Å². The number of carbonyl (C=O) groups excluding carboxylic acids is 1. The van der Waals surface area contributed by atoms with E-state index >= 15 is 0 Å². The fourth-order valence-electron chi connectivity index (χ4n) is 9.61. The Morgan fingerprint density at radius 2 is 1.74 bits per heavy atom. The van der Waals surface area contributed by atoms with Gasteiger partial charge in [0.15, 0.2) is 0 Å². The molecule has 0 aliphatic heterocycles. The first-order chi connectivity index (χ1) is 18.0. The first-order valence-corrected chi connectivity index (χ1v) is 15.9. The van der Waals surface area contributed by atoms with Crippen LogP contribution < -0.4 is 5.32 Å². The number of rotatable bonds is 8. The Morgan fingerprint density at radius 3 is 2.36 bits per heavy atom. The summed E-state index contributed by atoms with van der Waals surface area (Å²) in [6.45, 7) is 5.35. The molecule has 12 heteroatoms. The van der Waals surface area contributed by atoms with Gasteiger partial charge < -0.3 is 36.0 Å². The molecule has 4 aliphatic carbocycles. The molecule has 0 aromatic rings. The summed E-state index contributed by atoms with van der Waals surface area (Å²) >= 11 is 0. The number of hydrogen-bond donors (Lipinski definition) is 8. The normalized spacial score (nSPS) is 47.4. The molecule has 4 unspecified atom stereocenters. The largest absolute Gasteiger partial charge is 0.394 e. The highest BCUT2D eigenvalue weighted by Gasteiger charge is 2.70. The van der Waals surface area contributed by atoms with E-state index in [4.69, 9.17) is 4.55 Å². The number of hydrogen-bond acceptors (Lipinski definition) is 9. The third-order valence-corrected chi connectivity index (χ3v) is 12.2. The monoisotopic (exact) mass is 577 g/mol. The van der Waals surface area contributed by atoms with Crippen molar-refractivity contribution in [1.29, 1.82) is 0 Å². The molecular weight excluding hydrogens is 530 g/mol. The highest BCUT2D eigenvalue weighted by atomic mass is 32.2. The molecule has 13 atom stereocenters. The van der Waals surface area contributed by atoms with E-state index in [-0.39, 0.29) is 48.9 Å². The average Bonchev–Trinajstić information content (AvgIpc) is 3.03. The summed E-state index contributed by atoms with van der Waals surface area (Å²) in [5.74, 6) is -2.16. The Labute approximate surface area is 230 Å². The molecule has 4 aliphatic rings. The summed E-state index contributed by atoms with van der Waals surface area (Å²) in [6.07, 6.45) is -0.378. The summed E-state index contributed by atoms with van der Waals surface area (Å²) in [5.41, 5.74) is -2.48. The van der Waals surface area contributed by atoms with E-state index in [2.05, 4.69) is 12.2 Å². The first-order valence-electron chi connectivity index (χ1n) is 14.3. The van der Waals surface area contributed by atoms with Crippen molar-refractivity contribution in [3.05, 3.63) is 0 Å². The van der Waals surface area contributed by atoms with Crippen LogP contribution in [-0.4, -0.2) is 97.9 Å². The highest BCUT2D eigenvalue weighted by molar-refractivity contribution is 7.85. The number of fused-ring (bicyclic) bond motifs is 5. The maximum Gasteiger partial charge on any atom is 0.266 e. The lowest BCUT2D eigenvalue weighted by atomic mass is 9.42. The zero-order chi connectivity index (χ0) is 29.1. The molecule has 1 amide bonds. The number of aliphatic hydroxyl groups excluding tert-OH is 5. The van der Waals surface area contributed by atoms with Crippen LogP contribution in [0.3, 0.4) is 0 Å². The fraction of sp³-hybridized carbons (Fsp3) is 0.963. The predicted molar refractivity (Wildman–Crippen MR) is 141 cm³/mol. The van der Waals surface area contributed by atoms with E-state index < -0.39 is 75.3 Å². The second kappa shape index (κ2) is 10.8. The van der Waals surface area contributed by atoms with Crippen LogP contribution in [0.4, 0.5) is 0 Å². The average molecular weight is 578 g/mol. The quantitative estimate of drug-likeness (QED) is 0.179. The SMILES string of the molecule is C[C@H](CCC(=O)N[C@@H](CO)CS(=O)(=O)O)[C@H]1[C@@H](O)C(O)C2C3C[C@@H](O)[C@@]4(O)C[C@@H](O)CC[C@]4(C)C3CC[C@@]21C. The van der Waals surface area contributed by atoms with Crippen molar-refractivity contribution in [3.8, 4) is 0 Å². The maximum absolute atomic E-state index is 12.5. The molecule has 39 heavy (non-hydrogen) atoms. The first kappa shape index (κ1) is 31.1. The molecule has 0 spiro atoms. The minimum atomic E-state index is -4.37. The van der Waals surface area contributed by atoms with Gasteiger partial charge in [0.1, 0.15) is 0 Å². The van der Waals surface area contributed by atoms with Crippen molar-refractivity contribution in [2.24, 2.45) is 40.4 Å². The van der Waals surface area contributed by atoms with Gasteiger partial charge in [-0.15, -0.1) is 0 Å². The van der Waals surface area contributed by atoms with Gasteiger partial charge in [-0.25, -0.2) is 0 Å². The van der Waals surface area contributed by atoms with Gasteiger partial charge in [0, 0.05) is 18.3 Å². The minimum absolute atomic E-state index is 0.0153. The molecule has 0 aromatic carbocycles. The van der Waals surface area contributed by atoms with E-state index in [1.54, 1.807) is 0 Å². The Hall–Kier alpha value is -0.860. The molecule has 11 nitrogen and oxygen atoms in total. The third-order valence-electron chi connectivity index (χ3n) is 11.4. The van der Waals surface area contributed by atoms with Crippen LogP contribution in [0.1, 0.15) is 72.1 Å². The topological polar surface area (TPSA) is 205 Å². The van der Waals surface area contributed by atoms with Gasteiger partial charge in [-0.3, -0.25) is 9.35 Å². The van der Waals surface area contributed by atoms with Crippen molar-refractivity contribution < 1.29 is 48.4 Å². The van der Waals surface area contributed by atoms with Crippen LogP contribution in [-0.2, 0) is 14.9 Å². The van der Waals surface area contributed by atoms with Crippen LogP contribution in [0.15, 0.2) is 0 Å². The molecule has 8 N–H and O–H groups in total. The standard InChI is InChI=1S/C27H47NO10S/c1-14(4-5-20(32)28-15(12-29)13-39(36,37)38)21-23(33)24(34)22-17-10-19(31)27(35)11-16(30)6-9-26(27,3)18(17)7-8-25(21,22)2/h14-19,21-24,29-31,33-35H,4-13H2,1-3H3,(H,28,32)(H,36,37,38)/t14-,15+,16+,17?,18?,19-,21+,22?,23-,24?,25-,26-,27+/m1/s1. The lowest BCUT2D eigenvalue weighted by molar-refractivity contribution is -0.268. The van der Waals surface area contributed by atoms with Crippen LogP contribution in [0, 0.1) is 40.4 Å². The van der Waals surface area contributed by atoms with Gasteiger partial charge >= 0.3 is 0 Å². The number of amides is 1. The second-order valence-corrected chi connectivity index (χ2v) is 15.0. The lowest BCUT2D eigenvalue weighted by Gasteiger charge is -2.65. The predicted octanol–water partition coefficient (Wildman–Crippen LogP) is -0.185. The summed E-state index contributed by atoms with van der Waals surface area (Å²) in [7, 11) is -4.37. The van der Waals surface area contributed by atoms with E-state index in [0.29, 0.717) is 25.7 Å². The van der Waals surface area contributed by atoms with Crippen LogP contribution in [0.5, 0.6) is 0 Å². The Kier molecular flexibility index (Phi) is 8.58. The van der Waals surface area contributed by atoms with E-state index in [1.165, 1.54) is 0 Å².